The van der Waals surface area contributed by atoms with Crippen molar-refractivity contribution in [3.05, 3.63) is 29.6 Å². The Hall–Kier alpha value is -1.60. The average Bonchev–Trinajstić information content (AvgIpc) is 2.59. The topological polar surface area (TPSA) is 56.0 Å². The van der Waals surface area contributed by atoms with Gasteiger partial charge in [0, 0.05) is 0 Å². The van der Waals surface area contributed by atoms with Gasteiger partial charge in [-0.2, -0.15) is 5.26 Å². The van der Waals surface area contributed by atoms with Gasteiger partial charge in [-0.1, -0.05) is 6.07 Å². The van der Waals surface area contributed by atoms with Gasteiger partial charge in [-0.05, 0) is 38.3 Å². The van der Waals surface area contributed by atoms with E-state index in [4.69, 9.17) is 5.26 Å². The van der Waals surface area contributed by atoms with Crippen molar-refractivity contribution in [2.45, 2.75) is 37.8 Å². The molecule has 90 valence electrons. The average molecular weight is 234 g/mol. The summed E-state index contributed by atoms with van der Waals surface area (Å²) in [6, 6.07) is 6.20. The first-order chi connectivity index (χ1) is 8.04. The van der Waals surface area contributed by atoms with Crippen molar-refractivity contribution < 1.29 is 9.50 Å². The quantitative estimate of drug-likeness (QED) is 0.826. The lowest BCUT2D eigenvalue weighted by Gasteiger charge is -2.27. The monoisotopic (exact) mass is 234 g/mol. The zero-order valence-electron chi connectivity index (χ0n) is 9.70. The van der Waals surface area contributed by atoms with E-state index in [-0.39, 0.29) is 11.6 Å². The maximum Gasteiger partial charge on any atom is 0.143 e. The van der Waals surface area contributed by atoms with Crippen LogP contribution in [0.5, 0.6) is 0 Å². The number of rotatable bonds is 2. The summed E-state index contributed by atoms with van der Waals surface area (Å²) in [5, 5.41) is 22.1. The number of hydrogen-bond acceptors (Lipinski definition) is 3. The van der Waals surface area contributed by atoms with Crippen LogP contribution in [0.25, 0.3) is 0 Å². The molecule has 2 atom stereocenters. The fourth-order valence-electron chi connectivity index (χ4n) is 2.32. The molecule has 0 saturated heterocycles. The summed E-state index contributed by atoms with van der Waals surface area (Å²) in [7, 11) is 0. The molecule has 2 rings (SSSR count). The van der Waals surface area contributed by atoms with Crippen LogP contribution in [0.2, 0.25) is 0 Å². The Morgan fingerprint density at radius 1 is 1.59 bits per heavy atom. The number of benzene rings is 1. The Bertz CT molecular complexity index is 465. The molecule has 1 aromatic carbocycles. The number of halogens is 1. The van der Waals surface area contributed by atoms with Gasteiger partial charge < -0.3 is 10.4 Å². The normalized spacial score (nSPS) is 27.8. The summed E-state index contributed by atoms with van der Waals surface area (Å²) >= 11 is 0. The maximum atomic E-state index is 13.4. The first-order valence-corrected chi connectivity index (χ1v) is 5.72. The highest BCUT2D eigenvalue weighted by atomic mass is 19.1. The number of nitrogens with one attached hydrogen (secondary N) is 1. The number of aliphatic hydroxyl groups is 1. The molecule has 17 heavy (non-hydrogen) atoms. The van der Waals surface area contributed by atoms with E-state index in [1.54, 1.807) is 19.1 Å². The second-order valence-electron chi connectivity index (χ2n) is 4.72. The number of nitriles is 1. The Kier molecular flexibility index (Phi) is 3.03. The molecule has 0 aliphatic heterocycles. The molecule has 0 spiro atoms. The summed E-state index contributed by atoms with van der Waals surface area (Å²) in [5.74, 6) is -0.532. The van der Waals surface area contributed by atoms with Crippen LogP contribution in [-0.4, -0.2) is 16.7 Å². The van der Waals surface area contributed by atoms with E-state index in [1.165, 1.54) is 6.07 Å². The smallest absolute Gasteiger partial charge is 0.143 e. The van der Waals surface area contributed by atoms with E-state index in [1.807, 2.05) is 6.07 Å². The standard InChI is InChI=1S/C13H15FN2O/c1-13(17)7-3-6-12(13)16-11-5-2-4-10(14)9(11)8-15/h2,4-5,12,16-17H,3,6-7H2,1H3. The molecule has 1 saturated carbocycles. The highest BCUT2D eigenvalue weighted by Gasteiger charge is 2.37. The largest absolute Gasteiger partial charge is 0.388 e. The van der Waals surface area contributed by atoms with E-state index in [0.29, 0.717) is 5.69 Å². The van der Waals surface area contributed by atoms with Crippen LogP contribution in [0.1, 0.15) is 31.7 Å². The fraction of sp³-hybridized carbons (Fsp3) is 0.462. The van der Waals surface area contributed by atoms with Crippen LogP contribution in [0.3, 0.4) is 0 Å². The Labute approximate surface area is 99.9 Å². The SMILES string of the molecule is CC1(O)CCCC1Nc1cccc(F)c1C#N. The second-order valence-corrected chi connectivity index (χ2v) is 4.72. The maximum absolute atomic E-state index is 13.4. The molecule has 2 unspecified atom stereocenters. The minimum Gasteiger partial charge on any atom is -0.388 e. The second kappa shape index (κ2) is 4.34. The van der Waals surface area contributed by atoms with Crippen molar-refractivity contribution in [1.29, 1.82) is 5.26 Å². The van der Waals surface area contributed by atoms with E-state index in [0.717, 1.165) is 19.3 Å². The highest BCUT2D eigenvalue weighted by Crippen LogP contribution is 2.32. The summed E-state index contributed by atoms with van der Waals surface area (Å²) in [5.41, 5.74) is -0.325. The van der Waals surface area contributed by atoms with Gasteiger partial charge in [-0.3, -0.25) is 0 Å². The summed E-state index contributed by atoms with van der Waals surface area (Å²) in [6.07, 6.45) is 2.48. The van der Waals surface area contributed by atoms with Crippen molar-refractivity contribution in [3.8, 4) is 6.07 Å². The highest BCUT2D eigenvalue weighted by molar-refractivity contribution is 5.58. The van der Waals surface area contributed by atoms with Gasteiger partial charge in [0.15, 0.2) is 0 Å². The molecule has 0 amide bonds. The zero-order chi connectivity index (χ0) is 12.5. The lowest BCUT2D eigenvalue weighted by Crippen LogP contribution is -2.39. The minimum absolute atomic E-state index is 0.00944. The molecule has 3 nitrogen and oxygen atoms in total. The molecule has 0 radical (unpaired) electrons. The van der Waals surface area contributed by atoms with Gasteiger partial charge in [0.2, 0.25) is 0 Å². The lowest BCUT2D eigenvalue weighted by atomic mass is 10.00. The van der Waals surface area contributed by atoms with Crippen molar-refractivity contribution in [3.63, 3.8) is 0 Å². The molecule has 1 aromatic rings. The molecule has 2 N–H and O–H groups in total. The molecular weight excluding hydrogens is 219 g/mol. The van der Waals surface area contributed by atoms with Crippen LogP contribution in [-0.2, 0) is 0 Å². The van der Waals surface area contributed by atoms with Gasteiger partial charge in [-0.25, -0.2) is 4.39 Å². The van der Waals surface area contributed by atoms with E-state index in [2.05, 4.69) is 5.32 Å². The number of nitrogens with zero attached hydrogens (tertiary/aromatic N) is 1. The Morgan fingerprint density at radius 2 is 2.35 bits per heavy atom. The third kappa shape index (κ3) is 2.25. The molecular formula is C13H15FN2O. The first-order valence-electron chi connectivity index (χ1n) is 5.72. The molecule has 1 fully saturated rings. The van der Waals surface area contributed by atoms with Crippen molar-refractivity contribution >= 4 is 5.69 Å². The van der Waals surface area contributed by atoms with Crippen LogP contribution in [0.4, 0.5) is 10.1 Å². The van der Waals surface area contributed by atoms with Crippen molar-refractivity contribution in [1.82, 2.24) is 0 Å². The molecule has 1 aliphatic rings. The van der Waals surface area contributed by atoms with Crippen LogP contribution >= 0.6 is 0 Å². The van der Waals surface area contributed by atoms with E-state index >= 15 is 0 Å². The van der Waals surface area contributed by atoms with Gasteiger partial charge in [0.25, 0.3) is 0 Å². The third-order valence-corrected chi connectivity index (χ3v) is 3.38. The number of anilines is 1. The molecule has 4 heteroatoms. The van der Waals surface area contributed by atoms with Gasteiger partial charge in [0.05, 0.1) is 17.3 Å². The zero-order valence-corrected chi connectivity index (χ0v) is 9.70. The van der Waals surface area contributed by atoms with Crippen LogP contribution < -0.4 is 5.32 Å². The van der Waals surface area contributed by atoms with E-state index < -0.39 is 11.4 Å². The van der Waals surface area contributed by atoms with E-state index in [9.17, 15) is 9.50 Å². The molecule has 0 bridgehead atoms. The van der Waals surface area contributed by atoms with Crippen LogP contribution in [0, 0.1) is 17.1 Å². The predicted molar refractivity (Wildman–Crippen MR) is 63.0 cm³/mol. The van der Waals surface area contributed by atoms with Gasteiger partial charge >= 0.3 is 0 Å². The number of hydrogen-bond donors (Lipinski definition) is 2. The van der Waals surface area contributed by atoms with Crippen LogP contribution in [0.15, 0.2) is 18.2 Å². The Balaban J connectivity index is 2.25. The Morgan fingerprint density at radius 3 is 2.94 bits per heavy atom. The van der Waals surface area contributed by atoms with Crippen molar-refractivity contribution in [2.75, 3.05) is 5.32 Å². The molecule has 0 aromatic heterocycles. The summed E-state index contributed by atoms with van der Waals surface area (Å²) in [4.78, 5) is 0. The fourth-order valence-corrected chi connectivity index (χ4v) is 2.32. The third-order valence-electron chi connectivity index (χ3n) is 3.38. The predicted octanol–water partition coefficient (Wildman–Crippen LogP) is 2.41. The lowest BCUT2D eigenvalue weighted by molar-refractivity contribution is 0.0578. The molecule has 1 aliphatic carbocycles. The van der Waals surface area contributed by atoms with Gasteiger partial charge in [0.1, 0.15) is 17.4 Å². The van der Waals surface area contributed by atoms with Gasteiger partial charge in [-0.15, -0.1) is 0 Å². The first kappa shape index (κ1) is 11.9. The molecule has 0 heterocycles. The summed E-state index contributed by atoms with van der Waals surface area (Å²) < 4.78 is 13.4. The summed E-state index contributed by atoms with van der Waals surface area (Å²) in [6.45, 7) is 1.77. The van der Waals surface area contributed by atoms with Crippen molar-refractivity contribution in [2.24, 2.45) is 0 Å². The minimum atomic E-state index is -0.793.